The summed E-state index contributed by atoms with van der Waals surface area (Å²) in [5.41, 5.74) is 1.17. The van der Waals surface area contributed by atoms with Crippen molar-refractivity contribution in [2.45, 2.75) is 39.2 Å². The number of carbonyl (C=O) groups excluding carboxylic acids is 1. The minimum Gasteiger partial charge on any atom is -0.466 e. The Kier molecular flexibility index (Phi) is 5.48. The van der Waals surface area contributed by atoms with Crippen LogP contribution in [0.1, 0.15) is 32.6 Å². The highest BCUT2D eigenvalue weighted by atomic mass is 35.5. The molecule has 20 heavy (non-hydrogen) atoms. The summed E-state index contributed by atoms with van der Waals surface area (Å²) in [5, 5.41) is 1.97. The van der Waals surface area contributed by atoms with Gasteiger partial charge in [0.05, 0.1) is 6.61 Å². The van der Waals surface area contributed by atoms with E-state index in [4.69, 9.17) is 16.3 Å². The molecule has 1 aromatic heterocycles. The summed E-state index contributed by atoms with van der Waals surface area (Å²) in [6.45, 7) is 3.25. The second-order valence-corrected chi connectivity index (χ2v) is 5.26. The molecule has 0 unspecified atom stereocenters. The number of nitrogens with zero attached hydrogens (tertiary/aromatic N) is 1. The number of ether oxygens (including phenoxy) is 1. The number of hydrogen-bond acceptors (Lipinski definition) is 2. The number of hydrogen-bond donors (Lipinski definition) is 0. The molecular weight excluding hydrogens is 274 g/mol. The first-order valence-electron chi connectivity index (χ1n) is 7.10. The van der Waals surface area contributed by atoms with Crippen molar-refractivity contribution < 1.29 is 9.53 Å². The van der Waals surface area contributed by atoms with Crippen LogP contribution in [0, 0.1) is 0 Å². The van der Waals surface area contributed by atoms with Crippen LogP contribution in [0.4, 0.5) is 0 Å². The predicted molar refractivity (Wildman–Crippen MR) is 82.0 cm³/mol. The molecule has 3 nitrogen and oxygen atoms in total. The van der Waals surface area contributed by atoms with Crippen molar-refractivity contribution in [1.82, 2.24) is 4.57 Å². The molecule has 4 heteroatoms. The van der Waals surface area contributed by atoms with Crippen LogP contribution in [0.25, 0.3) is 10.9 Å². The third kappa shape index (κ3) is 4.01. The van der Waals surface area contributed by atoms with Gasteiger partial charge in [0.1, 0.15) is 0 Å². The lowest BCUT2D eigenvalue weighted by Crippen LogP contribution is -2.03. The van der Waals surface area contributed by atoms with Gasteiger partial charge in [-0.1, -0.05) is 24.1 Å². The zero-order valence-corrected chi connectivity index (χ0v) is 12.5. The summed E-state index contributed by atoms with van der Waals surface area (Å²) in [6, 6.07) is 8.04. The Hall–Kier alpha value is -1.48. The molecule has 0 bridgehead atoms. The first-order valence-corrected chi connectivity index (χ1v) is 7.48. The summed E-state index contributed by atoms with van der Waals surface area (Å²) in [6.07, 6.45) is 5.58. The highest BCUT2D eigenvalue weighted by molar-refractivity contribution is 6.31. The Labute approximate surface area is 124 Å². The largest absolute Gasteiger partial charge is 0.466 e. The smallest absolute Gasteiger partial charge is 0.305 e. The minimum absolute atomic E-state index is 0.0919. The van der Waals surface area contributed by atoms with Gasteiger partial charge in [0, 0.05) is 29.7 Å². The normalized spacial score (nSPS) is 10.9. The number of esters is 1. The Morgan fingerprint density at radius 3 is 2.90 bits per heavy atom. The Morgan fingerprint density at radius 2 is 2.10 bits per heavy atom. The lowest BCUT2D eigenvalue weighted by atomic mass is 10.2. The average Bonchev–Trinajstić information content (AvgIpc) is 2.81. The van der Waals surface area contributed by atoms with E-state index in [9.17, 15) is 4.79 Å². The first kappa shape index (κ1) is 14.9. The highest BCUT2D eigenvalue weighted by Crippen LogP contribution is 2.21. The molecule has 0 fully saturated rings. The number of benzene rings is 1. The van der Waals surface area contributed by atoms with Gasteiger partial charge in [-0.15, -0.1) is 0 Å². The zero-order chi connectivity index (χ0) is 14.4. The van der Waals surface area contributed by atoms with Crippen LogP contribution in [-0.2, 0) is 16.1 Å². The third-order valence-corrected chi connectivity index (χ3v) is 3.56. The van der Waals surface area contributed by atoms with E-state index in [-0.39, 0.29) is 5.97 Å². The van der Waals surface area contributed by atoms with Crippen LogP contribution in [-0.4, -0.2) is 17.1 Å². The molecule has 108 valence electrons. The molecule has 1 aromatic carbocycles. The molecule has 0 aliphatic carbocycles. The Balaban J connectivity index is 1.78. The van der Waals surface area contributed by atoms with Crippen molar-refractivity contribution in [2.75, 3.05) is 6.61 Å². The SMILES string of the molecule is CCOC(=O)CCCCCn1ccc2ccc(Cl)cc21. The van der Waals surface area contributed by atoms with Gasteiger partial charge >= 0.3 is 5.97 Å². The van der Waals surface area contributed by atoms with Gasteiger partial charge in [-0.05, 0) is 43.4 Å². The van der Waals surface area contributed by atoms with E-state index >= 15 is 0 Å². The summed E-state index contributed by atoms with van der Waals surface area (Å²) in [4.78, 5) is 11.2. The fourth-order valence-electron chi connectivity index (χ4n) is 2.31. The van der Waals surface area contributed by atoms with E-state index in [0.29, 0.717) is 13.0 Å². The molecule has 0 N–H and O–H groups in total. The van der Waals surface area contributed by atoms with E-state index in [1.165, 1.54) is 10.9 Å². The molecule has 0 radical (unpaired) electrons. The van der Waals surface area contributed by atoms with Gasteiger partial charge in [0.25, 0.3) is 0 Å². The fourth-order valence-corrected chi connectivity index (χ4v) is 2.48. The molecule has 2 rings (SSSR count). The van der Waals surface area contributed by atoms with E-state index in [2.05, 4.69) is 16.8 Å². The van der Waals surface area contributed by atoms with Crippen LogP contribution in [0.3, 0.4) is 0 Å². The summed E-state index contributed by atoms with van der Waals surface area (Å²) in [7, 11) is 0. The molecular formula is C16H20ClNO2. The average molecular weight is 294 g/mol. The van der Waals surface area contributed by atoms with Crippen LogP contribution < -0.4 is 0 Å². The van der Waals surface area contributed by atoms with Crippen molar-refractivity contribution in [1.29, 1.82) is 0 Å². The Bertz CT molecular complexity index is 577. The van der Waals surface area contributed by atoms with Gasteiger partial charge < -0.3 is 9.30 Å². The van der Waals surface area contributed by atoms with Crippen molar-refractivity contribution in [2.24, 2.45) is 0 Å². The molecule has 0 atom stereocenters. The lowest BCUT2D eigenvalue weighted by Gasteiger charge is -2.06. The molecule has 0 spiro atoms. The summed E-state index contributed by atoms with van der Waals surface area (Å²) in [5.74, 6) is -0.0919. The number of halogens is 1. The van der Waals surface area contributed by atoms with Gasteiger partial charge in [-0.25, -0.2) is 0 Å². The van der Waals surface area contributed by atoms with E-state index in [1.807, 2.05) is 25.1 Å². The van der Waals surface area contributed by atoms with E-state index < -0.39 is 0 Å². The maximum absolute atomic E-state index is 11.2. The topological polar surface area (TPSA) is 31.2 Å². The number of carbonyl (C=O) groups is 1. The third-order valence-electron chi connectivity index (χ3n) is 3.32. The second kappa shape index (κ2) is 7.34. The monoisotopic (exact) mass is 293 g/mol. The molecule has 2 aromatic rings. The van der Waals surface area contributed by atoms with Crippen LogP contribution >= 0.6 is 11.6 Å². The van der Waals surface area contributed by atoms with Gasteiger partial charge in [0.2, 0.25) is 0 Å². The molecule has 0 saturated heterocycles. The van der Waals surface area contributed by atoms with E-state index in [1.54, 1.807) is 0 Å². The maximum Gasteiger partial charge on any atom is 0.305 e. The number of rotatable bonds is 7. The number of aromatic nitrogens is 1. The van der Waals surface area contributed by atoms with Crippen molar-refractivity contribution in [3.8, 4) is 0 Å². The minimum atomic E-state index is -0.0919. The fraction of sp³-hybridized carbons (Fsp3) is 0.438. The number of unbranched alkanes of at least 4 members (excludes halogenated alkanes) is 2. The maximum atomic E-state index is 11.2. The molecule has 0 aliphatic rings. The lowest BCUT2D eigenvalue weighted by molar-refractivity contribution is -0.143. The standard InChI is InChI=1S/C16H20ClNO2/c1-2-20-16(19)6-4-3-5-10-18-11-9-13-7-8-14(17)12-15(13)18/h7-9,11-12H,2-6,10H2,1H3. The van der Waals surface area contributed by atoms with Crippen molar-refractivity contribution in [3.05, 3.63) is 35.5 Å². The molecule has 1 heterocycles. The quantitative estimate of drug-likeness (QED) is 0.559. The first-order chi connectivity index (χ1) is 9.70. The number of aryl methyl sites for hydroxylation is 1. The van der Waals surface area contributed by atoms with E-state index in [0.717, 1.165) is 30.8 Å². The summed E-state index contributed by atoms with van der Waals surface area (Å²) < 4.78 is 7.12. The molecule has 0 saturated carbocycles. The number of fused-ring (bicyclic) bond motifs is 1. The second-order valence-electron chi connectivity index (χ2n) is 4.83. The van der Waals surface area contributed by atoms with Crippen LogP contribution in [0.2, 0.25) is 5.02 Å². The highest BCUT2D eigenvalue weighted by Gasteiger charge is 2.03. The predicted octanol–water partition coefficient (Wildman–Crippen LogP) is 4.42. The van der Waals surface area contributed by atoms with Gasteiger partial charge in [-0.2, -0.15) is 0 Å². The van der Waals surface area contributed by atoms with Crippen LogP contribution in [0.15, 0.2) is 30.5 Å². The van der Waals surface area contributed by atoms with Crippen molar-refractivity contribution in [3.63, 3.8) is 0 Å². The zero-order valence-electron chi connectivity index (χ0n) is 11.8. The van der Waals surface area contributed by atoms with Gasteiger partial charge in [0.15, 0.2) is 0 Å². The molecule has 0 aliphatic heterocycles. The van der Waals surface area contributed by atoms with Crippen molar-refractivity contribution >= 4 is 28.5 Å². The molecule has 0 amide bonds. The summed E-state index contributed by atoms with van der Waals surface area (Å²) >= 11 is 6.03. The Morgan fingerprint density at radius 1 is 1.25 bits per heavy atom. The van der Waals surface area contributed by atoms with Crippen LogP contribution in [0.5, 0.6) is 0 Å². The van der Waals surface area contributed by atoms with Gasteiger partial charge in [-0.3, -0.25) is 4.79 Å².